The number of nitrogens with one attached hydrogen (secondary N) is 2. The molecule has 0 aromatic heterocycles. The van der Waals surface area contributed by atoms with Gasteiger partial charge in [-0.1, -0.05) is 6.07 Å². The number of rotatable bonds is 6. The van der Waals surface area contributed by atoms with Crippen LogP contribution in [0.25, 0.3) is 0 Å². The lowest BCUT2D eigenvalue weighted by molar-refractivity contribution is -0.164. The van der Waals surface area contributed by atoms with E-state index in [0.29, 0.717) is 42.5 Å². The first-order valence-electron chi connectivity index (χ1n) is 13.8. The molecular weight excluding hydrogens is 540 g/mol. The Morgan fingerprint density at radius 1 is 1.00 bits per heavy atom. The predicted molar refractivity (Wildman–Crippen MR) is 158 cm³/mol. The quantitative estimate of drug-likeness (QED) is 0.167. The van der Waals surface area contributed by atoms with E-state index in [2.05, 4.69) is 5.32 Å². The van der Waals surface area contributed by atoms with Crippen LogP contribution in [0.1, 0.15) is 104 Å². The monoisotopic (exact) mass is 580 g/mol. The van der Waals surface area contributed by atoms with E-state index in [-0.39, 0.29) is 28.4 Å². The van der Waals surface area contributed by atoms with E-state index in [1.165, 1.54) is 6.07 Å². The molecule has 1 aliphatic heterocycles. The maximum Gasteiger partial charge on any atom is 0.344 e. The third kappa shape index (κ3) is 8.55. The van der Waals surface area contributed by atoms with Crippen LogP contribution in [-0.2, 0) is 31.9 Å². The molecule has 0 radical (unpaired) electrons. The number of aryl methyl sites for hydroxylation is 1. The van der Waals surface area contributed by atoms with Crippen molar-refractivity contribution in [1.29, 1.82) is 5.41 Å². The number of fused-ring (bicyclic) bond motifs is 2. The first-order valence-corrected chi connectivity index (χ1v) is 13.8. The van der Waals surface area contributed by atoms with Crippen molar-refractivity contribution in [2.75, 3.05) is 5.32 Å². The van der Waals surface area contributed by atoms with Gasteiger partial charge in [-0.3, -0.25) is 19.8 Å². The van der Waals surface area contributed by atoms with Gasteiger partial charge in [-0.05, 0) is 103 Å². The number of hydrogen-bond acceptors (Lipinski definition) is 8. The number of esters is 3. The zero-order chi connectivity index (χ0) is 31.4. The van der Waals surface area contributed by atoms with E-state index in [1.54, 1.807) is 65.8 Å². The highest BCUT2D eigenvalue weighted by Gasteiger charge is 2.36. The van der Waals surface area contributed by atoms with Crippen LogP contribution in [-0.4, -0.2) is 41.0 Å². The fourth-order valence-electron chi connectivity index (χ4n) is 4.84. The van der Waals surface area contributed by atoms with Crippen LogP contribution in [0.5, 0.6) is 5.75 Å². The van der Waals surface area contributed by atoms with Gasteiger partial charge in [0.15, 0.2) is 5.96 Å². The van der Waals surface area contributed by atoms with Crippen molar-refractivity contribution < 1.29 is 33.4 Å². The number of amides is 1. The number of guanidine groups is 1. The molecule has 2 aromatic rings. The molecule has 1 amide bonds. The Kier molecular flexibility index (Phi) is 9.65. The summed E-state index contributed by atoms with van der Waals surface area (Å²) in [6.45, 7) is 10.2. The minimum Gasteiger partial charge on any atom is -0.460 e. The molecule has 0 aliphatic carbocycles. The Balaban J connectivity index is 2.25. The average Bonchev–Trinajstić information content (AvgIpc) is 2.82. The molecule has 0 unspecified atom stereocenters. The molecule has 11 heteroatoms. The number of anilines is 1. The predicted octanol–water partition coefficient (Wildman–Crippen LogP) is 4.35. The van der Waals surface area contributed by atoms with E-state index >= 15 is 0 Å². The van der Waals surface area contributed by atoms with Crippen molar-refractivity contribution in [3.63, 3.8) is 0 Å². The average molecular weight is 581 g/mol. The first-order chi connectivity index (χ1) is 19.4. The van der Waals surface area contributed by atoms with Gasteiger partial charge in [0.05, 0.1) is 17.9 Å². The highest BCUT2D eigenvalue weighted by Crippen LogP contribution is 2.36. The molecular formula is C31H40N4O7. The molecule has 1 heterocycles. The van der Waals surface area contributed by atoms with Crippen molar-refractivity contribution in [3.05, 3.63) is 58.1 Å². The van der Waals surface area contributed by atoms with Gasteiger partial charge in [0.25, 0.3) is 0 Å². The lowest BCUT2D eigenvalue weighted by Gasteiger charge is -2.27. The smallest absolute Gasteiger partial charge is 0.344 e. The van der Waals surface area contributed by atoms with E-state index < -0.39 is 47.4 Å². The fourth-order valence-corrected chi connectivity index (χ4v) is 4.84. The van der Waals surface area contributed by atoms with E-state index in [1.807, 2.05) is 0 Å². The summed E-state index contributed by atoms with van der Waals surface area (Å²) in [6, 6.07) is 7.90. The number of nitrogens with two attached hydrogens (primary N) is 2. The Hall–Kier alpha value is -4.41. The number of hydrogen-bond donors (Lipinski definition) is 4. The van der Waals surface area contributed by atoms with Crippen LogP contribution in [0.3, 0.4) is 0 Å². The number of benzene rings is 2. The van der Waals surface area contributed by atoms with Crippen molar-refractivity contribution in [2.24, 2.45) is 11.5 Å². The molecule has 0 spiro atoms. The summed E-state index contributed by atoms with van der Waals surface area (Å²) in [5, 5.41) is 10.5. The maximum atomic E-state index is 14.0. The Bertz CT molecular complexity index is 1400. The third-order valence-electron chi connectivity index (χ3n) is 6.32. The van der Waals surface area contributed by atoms with Gasteiger partial charge in [-0.25, -0.2) is 4.79 Å². The SMILES string of the molecule is CC(C)(C)OC(=O)C[C@H](C(=O)OC(C)(C)C)c1cc(NC(=N)N)cc2c1C(=O)Oc1cccc(C(N)=O)c1CCCC2. The number of ether oxygens (including phenoxy) is 3. The van der Waals surface area contributed by atoms with Crippen molar-refractivity contribution in [1.82, 2.24) is 0 Å². The molecule has 3 rings (SSSR count). The molecule has 6 N–H and O–H groups in total. The second-order valence-electron chi connectivity index (χ2n) is 12.3. The normalized spacial score (nSPS) is 14.4. The number of carbonyl (C=O) groups excluding carboxylic acids is 4. The first kappa shape index (κ1) is 32.1. The molecule has 1 aliphatic rings. The Morgan fingerprint density at radius 3 is 2.24 bits per heavy atom. The summed E-state index contributed by atoms with van der Waals surface area (Å²) in [7, 11) is 0. The minimum atomic E-state index is -1.26. The summed E-state index contributed by atoms with van der Waals surface area (Å²) >= 11 is 0. The summed E-state index contributed by atoms with van der Waals surface area (Å²) in [5.41, 5.74) is 11.4. The lowest BCUT2D eigenvalue weighted by atomic mass is 9.86. The topological polar surface area (TPSA) is 184 Å². The van der Waals surface area contributed by atoms with Crippen LogP contribution in [0.2, 0.25) is 0 Å². The standard InChI is InChI=1S/C31H40N4O7/c1-30(2,3)41-24(36)16-22(27(38)42-31(4,5)6)21-15-18(35-29(33)34)14-17-10-7-8-11-19-20(26(32)37)12-9-13-23(19)40-28(39)25(17)21/h9,12-15,22H,7-8,10-11,16H2,1-6H3,(H2,32,37)(H4,33,34,35)/t22-/m0/s1. The zero-order valence-electron chi connectivity index (χ0n) is 25.0. The van der Waals surface area contributed by atoms with Crippen LogP contribution >= 0.6 is 0 Å². The van der Waals surface area contributed by atoms with Gasteiger partial charge >= 0.3 is 17.9 Å². The van der Waals surface area contributed by atoms with E-state index in [0.717, 1.165) is 0 Å². The molecule has 42 heavy (non-hydrogen) atoms. The van der Waals surface area contributed by atoms with Crippen LogP contribution in [0.4, 0.5) is 5.69 Å². The highest BCUT2D eigenvalue weighted by molar-refractivity contribution is 6.00. The molecule has 0 bridgehead atoms. The third-order valence-corrected chi connectivity index (χ3v) is 6.32. The van der Waals surface area contributed by atoms with Gasteiger partial charge < -0.3 is 31.0 Å². The molecule has 2 aromatic carbocycles. The highest BCUT2D eigenvalue weighted by atomic mass is 16.6. The Morgan fingerprint density at radius 2 is 1.64 bits per heavy atom. The van der Waals surface area contributed by atoms with Crippen molar-refractivity contribution in [3.8, 4) is 5.75 Å². The molecule has 0 saturated carbocycles. The second kappa shape index (κ2) is 12.6. The Labute approximate surface area is 245 Å². The molecule has 0 saturated heterocycles. The lowest BCUT2D eigenvalue weighted by Crippen LogP contribution is -2.32. The summed E-state index contributed by atoms with van der Waals surface area (Å²) in [5.74, 6) is -4.24. The largest absolute Gasteiger partial charge is 0.460 e. The molecule has 0 fully saturated rings. The van der Waals surface area contributed by atoms with Crippen molar-refractivity contribution >= 4 is 35.5 Å². The summed E-state index contributed by atoms with van der Waals surface area (Å²) in [6.07, 6.45) is 1.68. The number of primary amides is 1. The number of carbonyl (C=O) groups is 4. The molecule has 11 nitrogen and oxygen atoms in total. The van der Waals surface area contributed by atoms with Crippen LogP contribution in [0.15, 0.2) is 30.3 Å². The summed E-state index contributed by atoms with van der Waals surface area (Å²) < 4.78 is 17.1. The maximum absolute atomic E-state index is 14.0. The van der Waals surface area contributed by atoms with E-state index in [4.69, 9.17) is 31.1 Å². The van der Waals surface area contributed by atoms with Crippen LogP contribution < -0.4 is 21.5 Å². The van der Waals surface area contributed by atoms with E-state index in [9.17, 15) is 19.2 Å². The van der Waals surface area contributed by atoms with Gasteiger partial charge in [-0.15, -0.1) is 0 Å². The zero-order valence-corrected chi connectivity index (χ0v) is 25.0. The molecule has 1 atom stereocenters. The fraction of sp³-hybridized carbons (Fsp3) is 0.452. The van der Waals surface area contributed by atoms with Gasteiger partial charge in [-0.2, -0.15) is 0 Å². The van der Waals surface area contributed by atoms with Crippen molar-refractivity contribution in [2.45, 2.75) is 90.8 Å². The van der Waals surface area contributed by atoms with Gasteiger partial charge in [0.2, 0.25) is 5.91 Å². The molecule has 226 valence electrons. The van der Waals surface area contributed by atoms with Crippen LogP contribution in [0, 0.1) is 5.41 Å². The summed E-state index contributed by atoms with van der Waals surface area (Å²) in [4.78, 5) is 52.8. The van der Waals surface area contributed by atoms with Gasteiger partial charge in [0.1, 0.15) is 17.0 Å². The minimum absolute atomic E-state index is 0.0841. The second-order valence-corrected chi connectivity index (χ2v) is 12.3. The van der Waals surface area contributed by atoms with Gasteiger partial charge in [0, 0.05) is 16.8 Å².